The Hall–Kier alpha value is -1.92. The van der Waals surface area contributed by atoms with Gasteiger partial charge in [-0.05, 0) is 94.4 Å². The Bertz CT molecular complexity index is 1040. The van der Waals surface area contributed by atoms with Gasteiger partial charge in [0.2, 0.25) is 5.91 Å². The number of piperidine rings is 2. The highest BCUT2D eigenvalue weighted by Crippen LogP contribution is 2.42. The first-order valence-electron chi connectivity index (χ1n) is 14.3. The molecule has 2 fully saturated rings. The zero-order valence-corrected chi connectivity index (χ0v) is 23.3. The standard InChI is InChI=1S/C31H43ClN4O/c1-24(23-35-17-6-3-7-18-35)33-29(22-25-10-12-27(32)13-11-25)30(37)36-20-15-31(16-21-36)28-9-5-4-8-26(28)14-19-34(31)2/h4-5,8-13,24,29,33H,3,6-7,14-23H2,1-2H3/t24?,29-/m1/s1. The van der Waals surface area contributed by atoms with Crippen LogP contribution in [0.5, 0.6) is 0 Å². The molecule has 5 nitrogen and oxygen atoms in total. The number of likely N-dealkylation sites (tertiary alicyclic amines) is 2. The number of nitrogens with one attached hydrogen (secondary N) is 1. The normalized spacial score (nSPS) is 22.0. The number of nitrogens with zero attached hydrogens (tertiary/aromatic N) is 3. The third-order valence-corrected chi connectivity index (χ3v) is 9.24. The van der Waals surface area contributed by atoms with Crippen LogP contribution in [-0.2, 0) is 23.2 Å². The molecular formula is C31H43ClN4O. The molecule has 2 saturated heterocycles. The van der Waals surface area contributed by atoms with Crippen LogP contribution in [0.1, 0.15) is 55.7 Å². The molecule has 2 atom stereocenters. The fourth-order valence-electron chi connectivity index (χ4n) is 6.87. The zero-order valence-electron chi connectivity index (χ0n) is 22.6. The number of fused-ring (bicyclic) bond motifs is 2. The summed E-state index contributed by atoms with van der Waals surface area (Å²) in [4.78, 5) is 21.2. The molecule has 2 aromatic carbocycles. The van der Waals surface area contributed by atoms with Gasteiger partial charge in [-0.3, -0.25) is 9.69 Å². The van der Waals surface area contributed by atoms with Gasteiger partial charge >= 0.3 is 0 Å². The lowest BCUT2D eigenvalue weighted by atomic mass is 9.74. The van der Waals surface area contributed by atoms with Gasteiger partial charge in [0.1, 0.15) is 0 Å². The lowest BCUT2D eigenvalue weighted by molar-refractivity contribution is -0.136. The highest BCUT2D eigenvalue weighted by Gasteiger charge is 2.44. The maximum absolute atomic E-state index is 14.0. The van der Waals surface area contributed by atoms with Gasteiger partial charge in [-0.2, -0.15) is 0 Å². The lowest BCUT2D eigenvalue weighted by Gasteiger charge is -2.51. The van der Waals surface area contributed by atoms with Crippen molar-refractivity contribution in [1.82, 2.24) is 20.0 Å². The number of hydrogen-bond acceptors (Lipinski definition) is 4. The minimum Gasteiger partial charge on any atom is -0.341 e. The molecule has 3 aliphatic rings. The molecule has 3 heterocycles. The van der Waals surface area contributed by atoms with Crippen LogP contribution in [0.3, 0.4) is 0 Å². The summed E-state index contributed by atoms with van der Waals surface area (Å²) in [5.41, 5.74) is 4.15. The second-order valence-electron chi connectivity index (χ2n) is 11.5. The smallest absolute Gasteiger partial charge is 0.240 e. The van der Waals surface area contributed by atoms with Gasteiger partial charge in [0.05, 0.1) is 6.04 Å². The van der Waals surface area contributed by atoms with E-state index in [0.717, 1.165) is 56.0 Å². The average Bonchev–Trinajstić information content (AvgIpc) is 2.92. The van der Waals surface area contributed by atoms with Crippen LogP contribution in [0.15, 0.2) is 48.5 Å². The summed E-state index contributed by atoms with van der Waals surface area (Å²) in [5.74, 6) is 0.238. The Morgan fingerprint density at radius 2 is 1.68 bits per heavy atom. The molecule has 5 rings (SSSR count). The summed E-state index contributed by atoms with van der Waals surface area (Å²) >= 11 is 6.14. The number of carbonyl (C=O) groups excluding carboxylic acids is 1. The van der Waals surface area contributed by atoms with E-state index >= 15 is 0 Å². The lowest BCUT2D eigenvalue weighted by Crippen LogP contribution is -2.59. The number of hydrogen-bond donors (Lipinski definition) is 1. The van der Waals surface area contributed by atoms with E-state index in [0.29, 0.717) is 6.42 Å². The van der Waals surface area contributed by atoms with Gasteiger partial charge in [-0.15, -0.1) is 0 Å². The molecule has 0 saturated carbocycles. The monoisotopic (exact) mass is 522 g/mol. The van der Waals surface area contributed by atoms with E-state index in [1.54, 1.807) is 0 Å². The fourth-order valence-corrected chi connectivity index (χ4v) is 6.99. The average molecular weight is 523 g/mol. The van der Waals surface area contributed by atoms with Gasteiger partial charge in [0.15, 0.2) is 0 Å². The topological polar surface area (TPSA) is 38.8 Å². The van der Waals surface area contributed by atoms with E-state index in [-0.39, 0.29) is 23.5 Å². The van der Waals surface area contributed by atoms with Crippen LogP contribution in [0, 0.1) is 0 Å². The molecule has 1 spiro atoms. The molecule has 1 amide bonds. The Labute approximate surface area is 228 Å². The van der Waals surface area contributed by atoms with E-state index in [9.17, 15) is 4.79 Å². The van der Waals surface area contributed by atoms with Crippen molar-refractivity contribution in [2.75, 3.05) is 46.3 Å². The van der Waals surface area contributed by atoms with E-state index in [2.05, 4.69) is 70.4 Å². The third-order valence-electron chi connectivity index (χ3n) is 8.99. The van der Waals surface area contributed by atoms with E-state index in [1.807, 2.05) is 12.1 Å². The fraction of sp³-hybridized carbons (Fsp3) is 0.581. The van der Waals surface area contributed by atoms with E-state index < -0.39 is 0 Å². The number of rotatable bonds is 7. The molecule has 0 bridgehead atoms. The summed E-state index contributed by atoms with van der Waals surface area (Å²) in [6.45, 7) is 8.26. The van der Waals surface area contributed by atoms with Crippen LogP contribution >= 0.6 is 11.6 Å². The van der Waals surface area contributed by atoms with Crippen LogP contribution in [0.25, 0.3) is 0 Å². The molecule has 2 aromatic rings. The van der Waals surface area contributed by atoms with Crippen molar-refractivity contribution < 1.29 is 4.79 Å². The first-order chi connectivity index (χ1) is 17.9. The summed E-state index contributed by atoms with van der Waals surface area (Å²) in [6, 6.07) is 16.9. The summed E-state index contributed by atoms with van der Waals surface area (Å²) in [7, 11) is 2.26. The summed E-state index contributed by atoms with van der Waals surface area (Å²) in [5, 5.41) is 4.48. The number of halogens is 1. The molecule has 0 radical (unpaired) electrons. The highest BCUT2D eigenvalue weighted by atomic mass is 35.5. The van der Waals surface area contributed by atoms with E-state index in [4.69, 9.17) is 11.6 Å². The molecular weight excluding hydrogens is 480 g/mol. The Balaban J connectivity index is 1.28. The van der Waals surface area contributed by atoms with Crippen LogP contribution in [0.2, 0.25) is 5.02 Å². The van der Waals surface area contributed by atoms with Gasteiger partial charge in [-0.25, -0.2) is 0 Å². The second-order valence-corrected chi connectivity index (χ2v) is 11.9. The van der Waals surface area contributed by atoms with Gasteiger partial charge in [-0.1, -0.05) is 54.4 Å². The van der Waals surface area contributed by atoms with Crippen molar-refractivity contribution in [3.05, 3.63) is 70.2 Å². The number of carbonyl (C=O) groups is 1. The van der Waals surface area contributed by atoms with Crippen molar-refractivity contribution in [3.63, 3.8) is 0 Å². The molecule has 1 N–H and O–H groups in total. The maximum atomic E-state index is 14.0. The molecule has 3 aliphatic heterocycles. The van der Waals surface area contributed by atoms with Crippen molar-refractivity contribution in [2.24, 2.45) is 0 Å². The van der Waals surface area contributed by atoms with Gasteiger partial charge in [0, 0.05) is 42.8 Å². The molecule has 200 valence electrons. The van der Waals surface area contributed by atoms with Crippen molar-refractivity contribution in [2.45, 2.75) is 69.5 Å². The second kappa shape index (κ2) is 11.9. The molecule has 1 unspecified atom stereocenters. The first-order valence-corrected chi connectivity index (χ1v) is 14.6. The molecule has 37 heavy (non-hydrogen) atoms. The SMILES string of the molecule is CC(CN1CCCCC1)N[C@H](Cc1ccc(Cl)cc1)C(=O)N1CCC2(CC1)c1ccccc1CCN2C. The van der Waals surface area contributed by atoms with Crippen molar-refractivity contribution in [3.8, 4) is 0 Å². The minimum absolute atomic E-state index is 0.0479. The predicted octanol–water partition coefficient (Wildman–Crippen LogP) is 4.72. The largest absolute Gasteiger partial charge is 0.341 e. The van der Waals surface area contributed by atoms with Crippen molar-refractivity contribution in [1.29, 1.82) is 0 Å². The van der Waals surface area contributed by atoms with Crippen LogP contribution in [0.4, 0.5) is 0 Å². The Morgan fingerprint density at radius 1 is 0.973 bits per heavy atom. The predicted molar refractivity (Wildman–Crippen MR) is 152 cm³/mol. The van der Waals surface area contributed by atoms with Gasteiger partial charge < -0.3 is 15.1 Å². The van der Waals surface area contributed by atoms with Crippen LogP contribution < -0.4 is 5.32 Å². The quantitative estimate of drug-likeness (QED) is 0.571. The molecule has 0 aliphatic carbocycles. The molecule has 6 heteroatoms. The first kappa shape index (κ1) is 26.7. The van der Waals surface area contributed by atoms with Crippen molar-refractivity contribution >= 4 is 17.5 Å². The third kappa shape index (κ3) is 6.06. The zero-order chi connectivity index (χ0) is 25.8. The highest BCUT2D eigenvalue weighted by molar-refractivity contribution is 6.30. The maximum Gasteiger partial charge on any atom is 0.240 e. The Morgan fingerprint density at radius 3 is 2.41 bits per heavy atom. The summed E-state index contributed by atoms with van der Waals surface area (Å²) in [6.07, 6.45) is 7.68. The minimum atomic E-state index is -0.230. The van der Waals surface area contributed by atoms with Crippen LogP contribution in [-0.4, -0.2) is 79.0 Å². The number of amides is 1. The Kier molecular flexibility index (Phi) is 8.55. The number of likely N-dealkylation sites (N-methyl/N-ethyl adjacent to an activating group) is 1. The summed E-state index contributed by atoms with van der Waals surface area (Å²) < 4.78 is 0. The van der Waals surface area contributed by atoms with E-state index in [1.165, 1.54) is 43.5 Å². The van der Waals surface area contributed by atoms with Gasteiger partial charge in [0.25, 0.3) is 0 Å². The number of benzene rings is 2. The molecule has 0 aromatic heterocycles.